The van der Waals surface area contributed by atoms with E-state index in [9.17, 15) is 13.2 Å². The summed E-state index contributed by atoms with van der Waals surface area (Å²) < 4.78 is 33.1. The van der Waals surface area contributed by atoms with Crippen molar-refractivity contribution in [1.82, 2.24) is 10.1 Å². The van der Waals surface area contributed by atoms with Gasteiger partial charge in [0, 0.05) is 12.2 Å². The van der Waals surface area contributed by atoms with Gasteiger partial charge in [0.25, 0.3) is 5.89 Å². The third-order valence-corrected chi connectivity index (χ3v) is 4.35. The Morgan fingerprint density at radius 3 is 2.65 bits per heavy atom. The fraction of sp³-hybridized carbons (Fsp3) is 0.357. The van der Waals surface area contributed by atoms with Crippen LogP contribution in [0.5, 0.6) is 0 Å². The van der Waals surface area contributed by atoms with Crippen LogP contribution in [-0.2, 0) is 21.2 Å². The van der Waals surface area contributed by atoms with Crippen LogP contribution in [0.4, 0.5) is 0 Å². The smallest absolute Gasteiger partial charge is 0.340 e. The zero-order valence-electron chi connectivity index (χ0n) is 12.7. The summed E-state index contributed by atoms with van der Waals surface area (Å²) >= 11 is 5.92. The third-order valence-electron chi connectivity index (χ3n) is 2.91. The van der Waals surface area contributed by atoms with Crippen LogP contribution < -0.4 is 0 Å². The minimum Gasteiger partial charge on any atom is -0.452 e. The van der Waals surface area contributed by atoms with Crippen LogP contribution in [0.2, 0.25) is 5.02 Å². The van der Waals surface area contributed by atoms with Crippen LogP contribution >= 0.6 is 11.6 Å². The normalized spacial score (nSPS) is 11.7. The fourth-order valence-corrected chi connectivity index (χ4v) is 2.50. The van der Waals surface area contributed by atoms with Crippen molar-refractivity contribution in [3.8, 4) is 0 Å². The molecule has 2 aromatic rings. The van der Waals surface area contributed by atoms with Crippen molar-refractivity contribution in [2.24, 2.45) is 0 Å². The lowest BCUT2D eigenvalue weighted by Gasteiger charge is -2.06. The van der Waals surface area contributed by atoms with E-state index in [4.69, 9.17) is 20.9 Å². The van der Waals surface area contributed by atoms with Crippen LogP contribution in [0.3, 0.4) is 0 Å². The lowest BCUT2D eigenvalue weighted by molar-refractivity contribution is 0.0429. The molecule has 23 heavy (non-hydrogen) atoms. The Morgan fingerprint density at radius 2 is 2.09 bits per heavy atom. The SMILES string of the molecule is CC(C)c1noc(COC(=O)c2cc(S(C)(=O)=O)ccc2Cl)n1. The molecule has 0 saturated heterocycles. The molecule has 9 heteroatoms. The molecule has 0 aliphatic rings. The van der Waals surface area contributed by atoms with E-state index < -0.39 is 15.8 Å². The first-order chi connectivity index (χ1) is 10.7. The number of nitrogens with zero attached hydrogens (tertiary/aromatic N) is 2. The molecule has 0 fully saturated rings. The molecule has 124 valence electrons. The highest BCUT2D eigenvalue weighted by Gasteiger charge is 2.18. The van der Waals surface area contributed by atoms with Gasteiger partial charge in [0.05, 0.1) is 15.5 Å². The maximum atomic E-state index is 12.1. The van der Waals surface area contributed by atoms with Crippen molar-refractivity contribution in [1.29, 1.82) is 0 Å². The van der Waals surface area contributed by atoms with Crippen LogP contribution in [-0.4, -0.2) is 30.8 Å². The Bertz CT molecular complexity index is 829. The standard InChI is InChI=1S/C14H15ClN2O5S/c1-8(2)13-16-12(22-17-13)7-21-14(18)10-6-9(23(3,19)20)4-5-11(10)15/h4-6,8H,7H2,1-3H3. The molecule has 1 aromatic carbocycles. The van der Waals surface area contributed by atoms with Gasteiger partial charge in [0.2, 0.25) is 0 Å². The summed E-state index contributed by atoms with van der Waals surface area (Å²) in [5.41, 5.74) is -0.0433. The van der Waals surface area contributed by atoms with Gasteiger partial charge in [0.1, 0.15) is 0 Å². The zero-order chi connectivity index (χ0) is 17.2. The number of carbonyl (C=O) groups is 1. The first-order valence-electron chi connectivity index (χ1n) is 6.67. The molecule has 0 aliphatic heterocycles. The molecular formula is C14H15ClN2O5S. The molecule has 2 rings (SSSR count). The molecule has 0 N–H and O–H groups in total. The van der Waals surface area contributed by atoms with Gasteiger partial charge < -0.3 is 9.26 Å². The lowest BCUT2D eigenvalue weighted by Crippen LogP contribution is -2.08. The number of aromatic nitrogens is 2. The van der Waals surface area contributed by atoms with Crippen molar-refractivity contribution < 1.29 is 22.5 Å². The summed E-state index contributed by atoms with van der Waals surface area (Å²) in [7, 11) is -3.46. The zero-order valence-corrected chi connectivity index (χ0v) is 14.3. The molecule has 0 bridgehead atoms. The molecule has 0 aliphatic carbocycles. The molecule has 7 nitrogen and oxygen atoms in total. The summed E-state index contributed by atoms with van der Waals surface area (Å²) in [6, 6.07) is 3.83. The van der Waals surface area contributed by atoms with E-state index in [1.165, 1.54) is 18.2 Å². The second-order valence-electron chi connectivity index (χ2n) is 5.19. The highest BCUT2D eigenvalue weighted by Crippen LogP contribution is 2.22. The third kappa shape index (κ3) is 4.29. The summed E-state index contributed by atoms with van der Waals surface area (Å²) in [4.78, 5) is 16.1. The quantitative estimate of drug-likeness (QED) is 0.757. The summed E-state index contributed by atoms with van der Waals surface area (Å²) in [6.07, 6.45) is 1.04. The van der Waals surface area contributed by atoms with E-state index in [2.05, 4.69) is 10.1 Å². The number of ether oxygens (including phenoxy) is 1. The molecule has 0 unspecified atom stereocenters. The molecule has 1 aromatic heterocycles. The summed E-state index contributed by atoms with van der Waals surface area (Å²) in [5, 5.41) is 3.84. The van der Waals surface area contributed by atoms with Crippen molar-refractivity contribution in [3.05, 3.63) is 40.5 Å². The van der Waals surface area contributed by atoms with Gasteiger partial charge >= 0.3 is 5.97 Å². The number of sulfone groups is 1. The average Bonchev–Trinajstić information content (AvgIpc) is 2.93. The van der Waals surface area contributed by atoms with Gasteiger partial charge in [-0.1, -0.05) is 30.6 Å². The number of esters is 1. The van der Waals surface area contributed by atoms with E-state index in [0.717, 1.165) is 6.26 Å². The van der Waals surface area contributed by atoms with Crippen LogP contribution in [0.15, 0.2) is 27.6 Å². The summed E-state index contributed by atoms with van der Waals surface area (Å²) in [6.45, 7) is 3.58. The summed E-state index contributed by atoms with van der Waals surface area (Å²) in [5.74, 6) is -0.0283. The van der Waals surface area contributed by atoms with Crippen LogP contribution in [0.1, 0.15) is 41.8 Å². The first kappa shape index (κ1) is 17.4. The maximum Gasteiger partial charge on any atom is 0.340 e. The number of carbonyl (C=O) groups excluding carboxylic acids is 1. The van der Waals surface area contributed by atoms with E-state index in [-0.39, 0.29) is 33.9 Å². The van der Waals surface area contributed by atoms with Gasteiger partial charge in [0.15, 0.2) is 22.3 Å². The largest absolute Gasteiger partial charge is 0.452 e. The second-order valence-corrected chi connectivity index (χ2v) is 7.61. The first-order valence-corrected chi connectivity index (χ1v) is 8.94. The van der Waals surface area contributed by atoms with Gasteiger partial charge in [-0.15, -0.1) is 0 Å². The van der Waals surface area contributed by atoms with Gasteiger partial charge in [-0.2, -0.15) is 4.98 Å². The monoisotopic (exact) mass is 358 g/mol. The van der Waals surface area contributed by atoms with Crippen molar-refractivity contribution in [2.45, 2.75) is 31.3 Å². The van der Waals surface area contributed by atoms with Gasteiger partial charge in [-0.05, 0) is 18.2 Å². The predicted molar refractivity (Wildman–Crippen MR) is 82.1 cm³/mol. The van der Waals surface area contributed by atoms with Crippen LogP contribution in [0, 0.1) is 0 Å². The molecular weight excluding hydrogens is 344 g/mol. The number of hydrogen-bond acceptors (Lipinski definition) is 7. The van der Waals surface area contributed by atoms with Crippen LogP contribution in [0.25, 0.3) is 0 Å². The van der Waals surface area contributed by atoms with Gasteiger partial charge in [-0.25, -0.2) is 13.2 Å². The molecule has 0 atom stereocenters. The Morgan fingerprint density at radius 1 is 1.39 bits per heavy atom. The highest BCUT2D eigenvalue weighted by molar-refractivity contribution is 7.90. The Labute approximate surface area is 138 Å². The fourth-order valence-electron chi connectivity index (χ4n) is 1.66. The predicted octanol–water partition coefficient (Wildman–Crippen LogP) is 2.61. The van der Waals surface area contributed by atoms with Crippen molar-refractivity contribution in [3.63, 3.8) is 0 Å². The molecule has 0 saturated carbocycles. The van der Waals surface area contributed by atoms with E-state index >= 15 is 0 Å². The number of hydrogen-bond donors (Lipinski definition) is 0. The molecule has 0 amide bonds. The molecule has 0 radical (unpaired) electrons. The molecule has 0 spiro atoms. The minimum atomic E-state index is -3.46. The Hall–Kier alpha value is -1.93. The average molecular weight is 359 g/mol. The highest BCUT2D eigenvalue weighted by atomic mass is 35.5. The number of halogens is 1. The van der Waals surface area contributed by atoms with Gasteiger partial charge in [-0.3, -0.25) is 0 Å². The number of benzene rings is 1. The minimum absolute atomic E-state index is 0.0197. The number of rotatable bonds is 5. The van der Waals surface area contributed by atoms with Crippen molar-refractivity contribution >= 4 is 27.4 Å². The van der Waals surface area contributed by atoms with E-state index in [1.807, 2.05) is 13.8 Å². The van der Waals surface area contributed by atoms with E-state index in [0.29, 0.717) is 5.82 Å². The topological polar surface area (TPSA) is 99.4 Å². The lowest BCUT2D eigenvalue weighted by atomic mass is 10.2. The van der Waals surface area contributed by atoms with E-state index in [1.54, 1.807) is 0 Å². The second kappa shape index (κ2) is 6.67. The molecule has 1 heterocycles. The Balaban J connectivity index is 2.14. The van der Waals surface area contributed by atoms with Crippen molar-refractivity contribution in [2.75, 3.05) is 6.26 Å². The maximum absolute atomic E-state index is 12.1. The Kier molecular flexibility index (Phi) is 5.06.